The standard InChI is InChI=1S/C15H22O/c1-11-6-7-12(2)13(10-11)15(16)9-5-8-14(15,3)4/h6-7,10,16H,5,8-9H2,1-4H3. The molecule has 0 aromatic heterocycles. The number of aryl methyl sites for hydroxylation is 2. The monoisotopic (exact) mass is 218 g/mol. The minimum absolute atomic E-state index is 0.00838. The van der Waals surface area contributed by atoms with Crippen molar-refractivity contribution in [1.82, 2.24) is 0 Å². The second kappa shape index (κ2) is 3.59. The Labute approximate surface area is 98.5 Å². The first-order chi connectivity index (χ1) is 7.37. The maximum atomic E-state index is 11.0. The molecule has 0 bridgehead atoms. The van der Waals surface area contributed by atoms with Crippen molar-refractivity contribution in [1.29, 1.82) is 0 Å². The van der Waals surface area contributed by atoms with Crippen LogP contribution in [0.3, 0.4) is 0 Å². The summed E-state index contributed by atoms with van der Waals surface area (Å²) in [4.78, 5) is 0. The van der Waals surface area contributed by atoms with E-state index in [1.54, 1.807) is 0 Å². The zero-order chi connectivity index (χ0) is 12.0. The van der Waals surface area contributed by atoms with Crippen LogP contribution in [0, 0.1) is 19.3 Å². The van der Waals surface area contributed by atoms with E-state index in [4.69, 9.17) is 0 Å². The Kier molecular flexibility index (Phi) is 2.62. The molecule has 1 aromatic carbocycles. The highest BCUT2D eigenvalue weighted by Crippen LogP contribution is 2.52. The second-order valence-electron chi connectivity index (χ2n) is 5.92. The topological polar surface area (TPSA) is 20.2 Å². The molecule has 1 fully saturated rings. The quantitative estimate of drug-likeness (QED) is 0.762. The normalized spacial score (nSPS) is 28.3. The Morgan fingerprint density at radius 3 is 2.38 bits per heavy atom. The van der Waals surface area contributed by atoms with Gasteiger partial charge in [-0.15, -0.1) is 0 Å². The highest BCUT2D eigenvalue weighted by Gasteiger charge is 2.49. The number of benzene rings is 1. The number of hydrogen-bond acceptors (Lipinski definition) is 1. The molecule has 0 spiro atoms. The van der Waals surface area contributed by atoms with E-state index in [1.165, 1.54) is 11.1 Å². The molecule has 1 atom stereocenters. The summed E-state index contributed by atoms with van der Waals surface area (Å²) in [5, 5.41) is 11.0. The van der Waals surface area contributed by atoms with E-state index < -0.39 is 5.60 Å². The predicted octanol–water partition coefficient (Wildman–Crippen LogP) is 3.70. The fourth-order valence-electron chi connectivity index (χ4n) is 3.01. The van der Waals surface area contributed by atoms with Gasteiger partial charge >= 0.3 is 0 Å². The van der Waals surface area contributed by atoms with Crippen molar-refractivity contribution in [3.05, 3.63) is 34.9 Å². The first-order valence-electron chi connectivity index (χ1n) is 6.17. The molecule has 1 aliphatic carbocycles. The van der Waals surface area contributed by atoms with Gasteiger partial charge < -0.3 is 5.11 Å². The molecule has 0 radical (unpaired) electrons. The van der Waals surface area contributed by atoms with Crippen LogP contribution in [0.1, 0.15) is 49.8 Å². The summed E-state index contributed by atoms with van der Waals surface area (Å²) in [6, 6.07) is 6.39. The van der Waals surface area contributed by atoms with Crippen LogP contribution in [0.2, 0.25) is 0 Å². The van der Waals surface area contributed by atoms with Gasteiger partial charge in [0.15, 0.2) is 0 Å². The van der Waals surface area contributed by atoms with Gasteiger partial charge in [-0.25, -0.2) is 0 Å². The third-order valence-corrected chi connectivity index (χ3v) is 4.30. The van der Waals surface area contributed by atoms with Crippen LogP contribution in [-0.2, 0) is 5.60 Å². The van der Waals surface area contributed by atoms with Gasteiger partial charge in [0.1, 0.15) is 0 Å². The van der Waals surface area contributed by atoms with Gasteiger partial charge in [-0.3, -0.25) is 0 Å². The molecular weight excluding hydrogens is 196 g/mol. The molecule has 1 N–H and O–H groups in total. The van der Waals surface area contributed by atoms with Crippen molar-refractivity contribution in [2.75, 3.05) is 0 Å². The largest absolute Gasteiger partial charge is 0.385 e. The smallest absolute Gasteiger partial charge is 0.0949 e. The molecule has 16 heavy (non-hydrogen) atoms. The Morgan fingerprint density at radius 2 is 1.81 bits per heavy atom. The zero-order valence-electron chi connectivity index (χ0n) is 10.8. The lowest BCUT2D eigenvalue weighted by Crippen LogP contribution is -2.37. The first-order valence-corrected chi connectivity index (χ1v) is 6.17. The van der Waals surface area contributed by atoms with E-state index in [-0.39, 0.29) is 5.41 Å². The molecule has 0 heterocycles. The second-order valence-corrected chi connectivity index (χ2v) is 5.92. The van der Waals surface area contributed by atoms with Crippen molar-refractivity contribution in [3.8, 4) is 0 Å². The van der Waals surface area contributed by atoms with Crippen molar-refractivity contribution in [2.45, 2.75) is 52.6 Å². The van der Waals surface area contributed by atoms with Crippen LogP contribution in [0.25, 0.3) is 0 Å². The third kappa shape index (κ3) is 1.58. The number of aliphatic hydroxyl groups is 1. The SMILES string of the molecule is Cc1ccc(C)c(C2(O)CCCC2(C)C)c1. The number of rotatable bonds is 1. The van der Waals surface area contributed by atoms with Gasteiger partial charge in [-0.2, -0.15) is 0 Å². The summed E-state index contributed by atoms with van der Waals surface area (Å²) in [7, 11) is 0. The molecule has 1 nitrogen and oxygen atoms in total. The Bertz CT molecular complexity index is 406. The number of hydrogen-bond donors (Lipinski definition) is 1. The molecule has 1 unspecified atom stereocenters. The summed E-state index contributed by atoms with van der Waals surface area (Å²) >= 11 is 0. The summed E-state index contributed by atoms with van der Waals surface area (Å²) in [5.74, 6) is 0. The average molecular weight is 218 g/mol. The molecule has 1 aromatic rings. The summed E-state index contributed by atoms with van der Waals surface area (Å²) in [5.41, 5.74) is 2.93. The van der Waals surface area contributed by atoms with E-state index in [1.807, 2.05) is 0 Å². The zero-order valence-corrected chi connectivity index (χ0v) is 10.8. The van der Waals surface area contributed by atoms with E-state index >= 15 is 0 Å². The molecule has 0 saturated heterocycles. The fraction of sp³-hybridized carbons (Fsp3) is 0.600. The lowest BCUT2D eigenvalue weighted by Gasteiger charge is -2.38. The van der Waals surface area contributed by atoms with Gasteiger partial charge in [-0.1, -0.05) is 37.6 Å². The summed E-state index contributed by atoms with van der Waals surface area (Å²) in [6.45, 7) is 8.55. The maximum absolute atomic E-state index is 11.0. The molecule has 0 aliphatic heterocycles. The average Bonchev–Trinajstić information content (AvgIpc) is 2.46. The fourth-order valence-corrected chi connectivity index (χ4v) is 3.01. The Balaban J connectivity index is 2.55. The van der Waals surface area contributed by atoms with Crippen LogP contribution < -0.4 is 0 Å². The van der Waals surface area contributed by atoms with Crippen LogP contribution in [0.4, 0.5) is 0 Å². The molecule has 0 amide bonds. The molecule has 1 aliphatic rings. The van der Waals surface area contributed by atoms with Gasteiger partial charge in [0.25, 0.3) is 0 Å². The molecular formula is C15H22O. The lowest BCUT2D eigenvalue weighted by atomic mass is 9.72. The minimum atomic E-state index is -0.636. The van der Waals surface area contributed by atoms with Gasteiger partial charge in [0, 0.05) is 0 Å². The molecule has 2 rings (SSSR count). The first kappa shape index (κ1) is 11.7. The lowest BCUT2D eigenvalue weighted by molar-refractivity contribution is -0.0490. The highest BCUT2D eigenvalue weighted by atomic mass is 16.3. The van der Waals surface area contributed by atoms with E-state index in [9.17, 15) is 5.11 Å². The van der Waals surface area contributed by atoms with E-state index in [0.29, 0.717) is 0 Å². The minimum Gasteiger partial charge on any atom is -0.385 e. The predicted molar refractivity (Wildman–Crippen MR) is 67.4 cm³/mol. The highest BCUT2D eigenvalue weighted by molar-refractivity contribution is 5.37. The Hall–Kier alpha value is -0.820. The van der Waals surface area contributed by atoms with Crippen LogP contribution in [0.5, 0.6) is 0 Å². The van der Waals surface area contributed by atoms with E-state index in [0.717, 1.165) is 24.8 Å². The van der Waals surface area contributed by atoms with Crippen molar-refractivity contribution < 1.29 is 5.11 Å². The van der Waals surface area contributed by atoms with Gasteiger partial charge in [0.05, 0.1) is 5.60 Å². The van der Waals surface area contributed by atoms with Crippen molar-refractivity contribution in [2.24, 2.45) is 5.41 Å². The van der Waals surface area contributed by atoms with E-state index in [2.05, 4.69) is 45.9 Å². The van der Waals surface area contributed by atoms with Gasteiger partial charge in [-0.05, 0) is 49.7 Å². The molecule has 1 heteroatoms. The maximum Gasteiger partial charge on any atom is 0.0949 e. The van der Waals surface area contributed by atoms with Crippen molar-refractivity contribution in [3.63, 3.8) is 0 Å². The molecule has 88 valence electrons. The van der Waals surface area contributed by atoms with Gasteiger partial charge in [0.2, 0.25) is 0 Å². The van der Waals surface area contributed by atoms with Crippen LogP contribution in [0.15, 0.2) is 18.2 Å². The Morgan fingerprint density at radius 1 is 1.12 bits per heavy atom. The third-order valence-electron chi connectivity index (χ3n) is 4.30. The van der Waals surface area contributed by atoms with Crippen LogP contribution in [-0.4, -0.2) is 5.11 Å². The van der Waals surface area contributed by atoms with Crippen LogP contribution >= 0.6 is 0 Å². The summed E-state index contributed by atoms with van der Waals surface area (Å²) in [6.07, 6.45) is 3.12. The van der Waals surface area contributed by atoms with Crippen molar-refractivity contribution >= 4 is 0 Å². The molecule has 1 saturated carbocycles. The summed E-state index contributed by atoms with van der Waals surface area (Å²) < 4.78 is 0.